The van der Waals surface area contributed by atoms with Gasteiger partial charge in [-0.25, -0.2) is 0 Å². The van der Waals surface area contributed by atoms with Crippen molar-refractivity contribution in [2.45, 2.75) is 12.8 Å². The van der Waals surface area contributed by atoms with Gasteiger partial charge < -0.3 is 13.7 Å². The molecule has 0 saturated carbocycles. The van der Waals surface area contributed by atoms with Crippen molar-refractivity contribution in [3.8, 4) is 22.3 Å². The average molecular weight is 630 g/mol. The van der Waals surface area contributed by atoms with E-state index < -0.39 is 0 Å². The van der Waals surface area contributed by atoms with Crippen LogP contribution in [0.5, 0.6) is 0 Å². The molecule has 0 bridgehead atoms. The van der Waals surface area contributed by atoms with Crippen molar-refractivity contribution in [1.82, 2.24) is 0 Å². The number of rotatable bonds is 5. The number of benzene rings is 7. The van der Waals surface area contributed by atoms with Gasteiger partial charge in [0.25, 0.3) is 0 Å². The van der Waals surface area contributed by atoms with Crippen molar-refractivity contribution in [3.05, 3.63) is 170 Å². The summed E-state index contributed by atoms with van der Waals surface area (Å²) in [5, 5.41) is 6.87. The zero-order valence-corrected chi connectivity index (χ0v) is 26.8. The summed E-state index contributed by atoms with van der Waals surface area (Å²) in [6.07, 6.45) is 8.93. The Bertz CT molecular complexity index is 2780. The average Bonchev–Trinajstić information content (AvgIpc) is 3.74. The number of allylic oxidation sites excluding steroid dienone is 3. The molecule has 0 amide bonds. The third kappa shape index (κ3) is 4.51. The van der Waals surface area contributed by atoms with Gasteiger partial charge in [-0.15, -0.1) is 0 Å². The lowest BCUT2D eigenvalue weighted by molar-refractivity contribution is 0.670. The zero-order valence-electron chi connectivity index (χ0n) is 26.8. The van der Waals surface area contributed by atoms with Crippen LogP contribution in [0, 0.1) is 0 Å². The first kappa shape index (κ1) is 27.8. The highest BCUT2D eigenvalue weighted by atomic mass is 16.3. The fourth-order valence-electron chi connectivity index (χ4n) is 7.54. The highest BCUT2D eigenvalue weighted by Gasteiger charge is 2.20. The van der Waals surface area contributed by atoms with E-state index in [0.717, 1.165) is 95.7 Å². The molecule has 0 atom stereocenters. The van der Waals surface area contributed by atoms with Crippen LogP contribution >= 0.6 is 0 Å². The number of para-hydroxylation sites is 3. The second-order valence-electron chi connectivity index (χ2n) is 12.8. The summed E-state index contributed by atoms with van der Waals surface area (Å²) in [5.41, 5.74) is 11.6. The number of anilines is 2. The Balaban J connectivity index is 1.10. The van der Waals surface area contributed by atoms with Crippen molar-refractivity contribution < 1.29 is 8.83 Å². The molecule has 0 N–H and O–H groups in total. The predicted octanol–water partition coefficient (Wildman–Crippen LogP) is 13.3. The molecule has 0 spiro atoms. The summed E-state index contributed by atoms with van der Waals surface area (Å²) in [6, 6.07) is 51.7. The van der Waals surface area contributed by atoms with Gasteiger partial charge in [0.2, 0.25) is 0 Å². The Kier molecular flexibility index (Phi) is 6.31. The molecule has 1 aliphatic carbocycles. The molecule has 0 saturated heterocycles. The van der Waals surface area contributed by atoms with Crippen molar-refractivity contribution in [3.63, 3.8) is 0 Å². The van der Waals surface area contributed by atoms with Gasteiger partial charge in [-0.1, -0.05) is 115 Å². The third-order valence-electron chi connectivity index (χ3n) is 9.89. The van der Waals surface area contributed by atoms with Gasteiger partial charge in [-0.3, -0.25) is 0 Å². The van der Waals surface area contributed by atoms with Crippen molar-refractivity contribution in [2.75, 3.05) is 4.90 Å². The number of hydrogen-bond donors (Lipinski definition) is 0. The molecule has 0 fully saturated rings. The Morgan fingerprint density at radius 2 is 1.18 bits per heavy atom. The summed E-state index contributed by atoms with van der Waals surface area (Å²) < 4.78 is 12.8. The maximum absolute atomic E-state index is 6.45. The molecule has 2 heterocycles. The van der Waals surface area contributed by atoms with E-state index in [1.165, 1.54) is 11.1 Å². The summed E-state index contributed by atoms with van der Waals surface area (Å²) in [4.78, 5) is 2.39. The van der Waals surface area contributed by atoms with Crippen molar-refractivity contribution in [1.29, 1.82) is 0 Å². The van der Waals surface area contributed by atoms with E-state index >= 15 is 0 Å². The highest BCUT2D eigenvalue weighted by Crippen LogP contribution is 2.43. The Labute approximate surface area is 283 Å². The van der Waals surface area contributed by atoms with Gasteiger partial charge in [0, 0.05) is 49.4 Å². The minimum absolute atomic E-state index is 0.900. The number of furan rings is 2. The minimum Gasteiger partial charge on any atom is -0.455 e. The lowest BCUT2D eigenvalue weighted by atomic mass is 9.98. The van der Waals surface area contributed by atoms with Gasteiger partial charge in [0.05, 0.1) is 5.69 Å². The lowest BCUT2D eigenvalue weighted by Crippen LogP contribution is -2.17. The maximum Gasteiger partial charge on any atom is 0.143 e. The van der Waals surface area contributed by atoms with E-state index in [0.29, 0.717) is 0 Å². The van der Waals surface area contributed by atoms with Crippen LogP contribution in [0.25, 0.3) is 76.9 Å². The molecule has 49 heavy (non-hydrogen) atoms. The molecule has 232 valence electrons. The summed E-state index contributed by atoms with van der Waals surface area (Å²) in [7, 11) is 0. The Morgan fingerprint density at radius 1 is 0.469 bits per heavy atom. The normalized spacial score (nSPS) is 13.2. The quantitative estimate of drug-likeness (QED) is 0.190. The molecular formula is C46H31NO2. The van der Waals surface area contributed by atoms with Crippen LogP contribution in [0.15, 0.2) is 178 Å². The molecule has 9 aromatic rings. The summed E-state index contributed by atoms with van der Waals surface area (Å²) in [6.45, 7) is 0. The van der Waals surface area contributed by atoms with Gasteiger partial charge in [-0.05, 0) is 77.9 Å². The van der Waals surface area contributed by atoms with Crippen LogP contribution in [0.2, 0.25) is 0 Å². The zero-order chi connectivity index (χ0) is 32.3. The lowest BCUT2D eigenvalue weighted by Gasteiger charge is -2.30. The molecule has 0 unspecified atom stereocenters. The molecule has 0 radical (unpaired) electrons. The second-order valence-corrected chi connectivity index (χ2v) is 12.8. The van der Waals surface area contributed by atoms with Gasteiger partial charge in [0.15, 0.2) is 0 Å². The topological polar surface area (TPSA) is 29.5 Å². The monoisotopic (exact) mass is 629 g/mol. The van der Waals surface area contributed by atoms with Gasteiger partial charge in [-0.2, -0.15) is 0 Å². The number of hydrogen-bond acceptors (Lipinski definition) is 3. The highest BCUT2D eigenvalue weighted by molar-refractivity contribution is 6.16. The number of nitrogens with zero attached hydrogens (tertiary/aromatic N) is 1. The summed E-state index contributed by atoms with van der Waals surface area (Å²) in [5.74, 6) is 0. The van der Waals surface area contributed by atoms with Crippen molar-refractivity contribution >= 4 is 66.0 Å². The SMILES string of the molecule is C1=CC(N(c2ccc(-c3cccc4c3oc3ccccc34)cc2)c2ccccc2-c2ccc3oc4c5ccccc5ccc4c3c2)=CCC1. The second kappa shape index (κ2) is 11.1. The van der Waals surface area contributed by atoms with Gasteiger partial charge >= 0.3 is 0 Å². The fourth-order valence-corrected chi connectivity index (χ4v) is 7.54. The van der Waals surface area contributed by atoms with E-state index in [9.17, 15) is 0 Å². The number of fused-ring (bicyclic) bond motifs is 8. The Morgan fingerprint density at radius 3 is 2.08 bits per heavy atom. The molecule has 1 aliphatic rings. The third-order valence-corrected chi connectivity index (χ3v) is 9.89. The van der Waals surface area contributed by atoms with E-state index in [-0.39, 0.29) is 0 Å². The smallest absolute Gasteiger partial charge is 0.143 e. The van der Waals surface area contributed by atoms with Crippen LogP contribution in [-0.4, -0.2) is 0 Å². The molecule has 2 aromatic heterocycles. The molecule has 10 rings (SSSR count). The van der Waals surface area contributed by atoms with Gasteiger partial charge in [0.1, 0.15) is 22.3 Å². The first-order chi connectivity index (χ1) is 24.3. The molecule has 0 aliphatic heterocycles. The first-order valence-corrected chi connectivity index (χ1v) is 16.9. The minimum atomic E-state index is 0.900. The fraction of sp³-hybridized carbons (Fsp3) is 0.0435. The van der Waals surface area contributed by atoms with E-state index in [1.54, 1.807) is 0 Å². The van der Waals surface area contributed by atoms with Crippen LogP contribution in [-0.2, 0) is 0 Å². The molecule has 3 nitrogen and oxygen atoms in total. The van der Waals surface area contributed by atoms with Crippen LogP contribution in [0.4, 0.5) is 11.4 Å². The maximum atomic E-state index is 6.45. The standard InChI is InChI=1S/C46H31NO2/c1-2-12-33(13-3-1)47(34-25-21-31(22-26-34)37-17-10-18-39-38-16-7-9-20-43(38)48-45(37)39)42-19-8-6-14-35(42)32-24-28-44-41(29-32)40-27-23-30-11-4-5-15-36(30)46(40)49-44/h2,4-29H,1,3H2. The van der Waals surface area contributed by atoms with Crippen molar-refractivity contribution in [2.24, 2.45) is 0 Å². The molecule has 7 aromatic carbocycles. The van der Waals surface area contributed by atoms with Crippen LogP contribution in [0.3, 0.4) is 0 Å². The molecule has 3 heteroatoms. The largest absolute Gasteiger partial charge is 0.455 e. The van der Waals surface area contributed by atoms with E-state index in [1.807, 2.05) is 12.1 Å². The van der Waals surface area contributed by atoms with Crippen LogP contribution < -0.4 is 4.90 Å². The van der Waals surface area contributed by atoms with E-state index in [4.69, 9.17) is 8.83 Å². The van der Waals surface area contributed by atoms with E-state index in [2.05, 4.69) is 157 Å². The Hall–Kier alpha value is -6.32. The predicted molar refractivity (Wildman–Crippen MR) is 204 cm³/mol. The first-order valence-electron chi connectivity index (χ1n) is 16.9. The molecular weight excluding hydrogens is 599 g/mol. The van der Waals surface area contributed by atoms with Crippen LogP contribution in [0.1, 0.15) is 12.8 Å². The summed E-state index contributed by atoms with van der Waals surface area (Å²) >= 11 is 0.